The largest absolute Gasteiger partial charge is 0.329 e. The fourth-order valence-electron chi connectivity index (χ4n) is 2.45. The second kappa shape index (κ2) is 6.41. The summed E-state index contributed by atoms with van der Waals surface area (Å²) in [7, 11) is 0. The minimum atomic E-state index is 0.605. The average Bonchev–Trinajstić information content (AvgIpc) is 2.08. The van der Waals surface area contributed by atoms with E-state index >= 15 is 0 Å². The first-order valence-corrected chi connectivity index (χ1v) is 6.20. The summed E-state index contributed by atoms with van der Waals surface area (Å²) in [6, 6.07) is 0.605. The van der Waals surface area contributed by atoms with Crippen molar-refractivity contribution in [3.63, 3.8) is 0 Å². The number of rotatable bonds is 3. The first-order chi connectivity index (χ1) is 6.75. The van der Waals surface area contributed by atoms with Crippen molar-refractivity contribution in [2.75, 3.05) is 19.6 Å². The highest BCUT2D eigenvalue weighted by Crippen LogP contribution is 2.16. The molecule has 1 unspecified atom stereocenters. The molecule has 0 amide bonds. The van der Waals surface area contributed by atoms with Crippen LogP contribution in [0.4, 0.5) is 0 Å². The second-order valence-corrected chi connectivity index (χ2v) is 4.85. The Balaban J connectivity index is 2.44. The van der Waals surface area contributed by atoms with Crippen LogP contribution in [-0.2, 0) is 0 Å². The van der Waals surface area contributed by atoms with Gasteiger partial charge in [0, 0.05) is 12.6 Å². The summed E-state index contributed by atoms with van der Waals surface area (Å²) in [4.78, 5) is 2.61. The van der Waals surface area contributed by atoms with Gasteiger partial charge in [0.25, 0.3) is 0 Å². The molecule has 84 valence electrons. The number of hydrogen-bond donors (Lipinski definition) is 1. The molecule has 2 N–H and O–H groups in total. The summed E-state index contributed by atoms with van der Waals surface area (Å²) < 4.78 is 0. The topological polar surface area (TPSA) is 29.3 Å². The van der Waals surface area contributed by atoms with E-state index in [2.05, 4.69) is 18.7 Å². The molecular weight excluding hydrogens is 172 g/mol. The first kappa shape index (κ1) is 12.0. The van der Waals surface area contributed by atoms with Crippen LogP contribution in [0.5, 0.6) is 0 Å². The van der Waals surface area contributed by atoms with E-state index in [1.807, 2.05) is 0 Å². The van der Waals surface area contributed by atoms with Crippen molar-refractivity contribution in [2.45, 2.75) is 52.0 Å². The summed E-state index contributed by atoms with van der Waals surface area (Å²) >= 11 is 0. The van der Waals surface area contributed by atoms with Crippen molar-refractivity contribution >= 4 is 0 Å². The van der Waals surface area contributed by atoms with Crippen molar-refractivity contribution in [2.24, 2.45) is 11.7 Å². The third-order valence-electron chi connectivity index (χ3n) is 3.37. The maximum Gasteiger partial charge on any atom is 0.0241 e. The van der Waals surface area contributed by atoms with Gasteiger partial charge in [-0.3, -0.25) is 4.90 Å². The van der Waals surface area contributed by atoms with Crippen molar-refractivity contribution in [3.05, 3.63) is 0 Å². The van der Waals surface area contributed by atoms with Gasteiger partial charge in [0.05, 0.1) is 0 Å². The van der Waals surface area contributed by atoms with Gasteiger partial charge in [0.1, 0.15) is 0 Å². The lowest BCUT2D eigenvalue weighted by molar-refractivity contribution is 0.146. The molecule has 0 saturated carbocycles. The highest BCUT2D eigenvalue weighted by Gasteiger charge is 2.20. The Labute approximate surface area is 88.8 Å². The summed E-state index contributed by atoms with van der Waals surface area (Å²) in [6.45, 7) is 7.92. The Hall–Kier alpha value is -0.0800. The Morgan fingerprint density at radius 3 is 1.93 bits per heavy atom. The molecule has 0 aromatic carbocycles. The van der Waals surface area contributed by atoms with E-state index in [0.717, 1.165) is 6.54 Å². The minimum absolute atomic E-state index is 0.605. The lowest BCUT2D eigenvalue weighted by Crippen LogP contribution is -2.45. The molecule has 0 aromatic heterocycles. The molecule has 0 aromatic rings. The predicted octanol–water partition coefficient (Wildman–Crippen LogP) is 2.24. The van der Waals surface area contributed by atoms with Crippen LogP contribution in [0, 0.1) is 5.92 Å². The Bertz CT molecular complexity index is 137. The van der Waals surface area contributed by atoms with Gasteiger partial charge in [0.2, 0.25) is 0 Å². The molecule has 14 heavy (non-hydrogen) atoms. The summed E-state index contributed by atoms with van der Waals surface area (Å²) in [5, 5.41) is 0. The third kappa shape index (κ3) is 3.58. The Morgan fingerprint density at radius 1 is 1.00 bits per heavy atom. The zero-order valence-corrected chi connectivity index (χ0v) is 9.84. The van der Waals surface area contributed by atoms with Crippen molar-refractivity contribution in [1.29, 1.82) is 0 Å². The lowest BCUT2D eigenvalue weighted by atomic mass is 10.00. The SMILES string of the molecule is CC(C)C(CN)N1CCCCCCC1. The highest BCUT2D eigenvalue weighted by atomic mass is 15.2. The molecular formula is C12H26N2. The average molecular weight is 198 g/mol. The van der Waals surface area contributed by atoms with Crippen LogP contribution in [0.15, 0.2) is 0 Å². The molecule has 2 nitrogen and oxygen atoms in total. The third-order valence-corrected chi connectivity index (χ3v) is 3.37. The molecule has 1 aliphatic rings. The molecule has 2 heteroatoms. The molecule has 0 aliphatic carbocycles. The molecule has 1 atom stereocenters. The van der Waals surface area contributed by atoms with Gasteiger partial charge in [-0.1, -0.05) is 33.1 Å². The van der Waals surface area contributed by atoms with Gasteiger partial charge < -0.3 is 5.73 Å². The summed E-state index contributed by atoms with van der Waals surface area (Å²) in [6.07, 6.45) is 6.98. The van der Waals surface area contributed by atoms with Gasteiger partial charge in [-0.2, -0.15) is 0 Å². The summed E-state index contributed by atoms with van der Waals surface area (Å²) in [5.74, 6) is 0.694. The zero-order valence-electron chi connectivity index (χ0n) is 9.84. The van der Waals surface area contributed by atoms with E-state index < -0.39 is 0 Å². The molecule has 0 spiro atoms. The van der Waals surface area contributed by atoms with Crippen LogP contribution in [0.3, 0.4) is 0 Å². The molecule has 1 rings (SSSR count). The zero-order chi connectivity index (χ0) is 10.4. The fraction of sp³-hybridized carbons (Fsp3) is 1.00. The monoisotopic (exact) mass is 198 g/mol. The maximum absolute atomic E-state index is 5.85. The predicted molar refractivity (Wildman–Crippen MR) is 62.3 cm³/mol. The van der Waals surface area contributed by atoms with E-state index in [-0.39, 0.29) is 0 Å². The van der Waals surface area contributed by atoms with Crippen molar-refractivity contribution < 1.29 is 0 Å². The van der Waals surface area contributed by atoms with E-state index in [1.54, 1.807) is 0 Å². The van der Waals surface area contributed by atoms with Crippen LogP contribution in [0.1, 0.15) is 46.0 Å². The second-order valence-electron chi connectivity index (χ2n) is 4.85. The van der Waals surface area contributed by atoms with Crippen LogP contribution in [0.25, 0.3) is 0 Å². The molecule has 1 aliphatic heterocycles. The van der Waals surface area contributed by atoms with E-state index in [0.29, 0.717) is 12.0 Å². The van der Waals surface area contributed by atoms with Crippen molar-refractivity contribution in [1.82, 2.24) is 4.90 Å². The Morgan fingerprint density at radius 2 is 1.50 bits per heavy atom. The van der Waals surface area contributed by atoms with Gasteiger partial charge >= 0.3 is 0 Å². The minimum Gasteiger partial charge on any atom is -0.329 e. The van der Waals surface area contributed by atoms with Gasteiger partial charge in [0.15, 0.2) is 0 Å². The smallest absolute Gasteiger partial charge is 0.0241 e. The van der Waals surface area contributed by atoms with Gasteiger partial charge in [-0.25, -0.2) is 0 Å². The summed E-state index contributed by atoms with van der Waals surface area (Å²) in [5.41, 5.74) is 5.85. The maximum atomic E-state index is 5.85. The van der Waals surface area contributed by atoms with Crippen molar-refractivity contribution in [3.8, 4) is 0 Å². The van der Waals surface area contributed by atoms with Gasteiger partial charge in [-0.15, -0.1) is 0 Å². The van der Waals surface area contributed by atoms with E-state index in [4.69, 9.17) is 5.73 Å². The lowest BCUT2D eigenvalue weighted by Gasteiger charge is -2.34. The Kier molecular flexibility index (Phi) is 5.49. The van der Waals surface area contributed by atoms with Gasteiger partial charge in [-0.05, 0) is 31.8 Å². The quantitative estimate of drug-likeness (QED) is 0.753. The fourth-order valence-corrected chi connectivity index (χ4v) is 2.45. The molecule has 0 radical (unpaired) electrons. The van der Waals surface area contributed by atoms with Crippen LogP contribution in [-0.4, -0.2) is 30.6 Å². The van der Waals surface area contributed by atoms with E-state index in [9.17, 15) is 0 Å². The number of hydrogen-bond acceptors (Lipinski definition) is 2. The first-order valence-electron chi connectivity index (χ1n) is 6.20. The number of nitrogens with two attached hydrogens (primary N) is 1. The van der Waals surface area contributed by atoms with Crippen LogP contribution >= 0.6 is 0 Å². The van der Waals surface area contributed by atoms with E-state index in [1.165, 1.54) is 45.2 Å². The molecule has 0 bridgehead atoms. The normalized spacial score (nSPS) is 23.1. The standard InChI is InChI=1S/C12H26N2/c1-11(2)12(10-13)14-8-6-4-3-5-7-9-14/h11-12H,3-10,13H2,1-2H3. The van der Waals surface area contributed by atoms with Crippen LogP contribution < -0.4 is 5.73 Å². The molecule has 1 saturated heterocycles. The molecule has 1 heterocycles. The van der Waals surface area contributed by atoms with Crippen LogP contribution in [0.2, 0.25) is 0 Å². The number of likely N-dealkylation sites (tertiary alicyclic amines) is 1. The highest BCUT2D eigenvalue weighted by molar-refractivity contribution is 4.76. The molecule has 1 fully saturated rings. The number of nitrogens with zero attached hydrogens (tertiary/aromatic N) is 1.